The van der Waals surface area contributed by atoms with E-state index >= 15 is 0 Å². The van der Waals surface area contributed by atoms with E-state index in [1.54, 1.807) is 0 Å². The molecular formula is C17H33N3O. The third-order valence-electron chi connectivity index (χ3n) is 5.65. The van der Waals surface area contributed by atoms with Gasteiger partial charge in [-0.25, -0.2) is 0 Å². The lowest BCUT2D eigenvalue weighted by molar-refractivity contribution is -0.128. The first kappa shape index (κ1) is 16.8. The Bertz CT molecular complexity index is 331. The monoisotopic (exact) mass is 295 g/mol. The molecule has 2 rings (SSSR count). The molecule has 4 unspecified atom stereocenters. The van der Waals surface area contributed by atoms with E-state index in [0.717, 1.165) is 0 Å². The van der Waals surface area contributed by atoms with Crippen LogP contribution in [0, 0.1) is 5.92 Å². The number of carbonyl (C=O) groups excluding carboxylic acids is 1. The van der Waals surface area contributed by atoms with E-state index in [0.29, 0.717) is 24.5 Å². The van der Waals surface area contributed by atoms with Crippen LogP contribution < -0.4 is 11.1 Å². The number of rotatable bonds is 5. The maximum atomic E-state index is 12.6. The fourth-order valence-corrected chi connectivity index (χ4v) is 4.32. The molecule has 122 valence electrons. The maximum absolute atomic E-state index is 12.6. The van der Waals surface area contributed by atoms with Crippen LogP contribution in [0.2, 0.25) is 0 Å². The highest BCUT2D eigenvalue weighted by molar-refractivity contribution is 5.81. The van der Waals surface area contributed by atoms with E-state index < -0.39 is 0 Å². The number of amides is 1. The van der Waals surface area contributed by atoms with Gasteiger partial charge in [0, 0.05) is 24.7 Å². The second-order valence-corrected chi connectivity index (χ2v) is 7.15. The average Bonchev–Trinajstić information content (AvgIpc) is 2.83. The van der Waals surface area contributed by atoms with Gasteiger partial charge in [0.2, 0.25) is 5.91 Å². The Morgan fingerprint density at radius 2 is 1.71 bits per heavy atom. The van der Waals surface area contributed by atoms with Gasteiger partial charge in [-0.3, -0.25) is 9.69 Å². The Labute approximate surface area is 129 Å². The summed E-state index contributed by atoms with van der Waals surface area (Å²) >= 11 is 0. The molecule has 0 aromatic carbocycles. The Balaban J connectivity index is 1.92. The lowest BCUT2D eigenvalue weighted by Gasteiger charge is -2.35. The van der Waals surface area contributed by atoms with Gasteiger partial charge >= 0.3 is 0 Å². The first-order chi connectivity index (χ1) is 10.0. The largest absolute Gasteiger partial charge is 0.350 e. The normalized spacial score (nSPS) is 31.0. The number of likely N-dealkylation sites (tertiary alicyclic amines) is 1. The zero-order chi connectivity index (χ0) is 15.4. The first-order valence-electron chi connectivity index (χ1n) is 8.82. The molecule has 1 aliphatic heterocycles. The summed E-state index contributed by atoms with van der Waals surface area (Å²) in [6.07, 6.45) is 8.73. The summed E-state index contributed by atoms with van der Waals surface area (Å²) < 4.78 is 0. The topological polar surface area (TPSA) is 58.4 Å². The summed E-state index contributed by atoms with van der Waals surface area (Å²) in [5.74, 6) is 0.741. The van der Waals surface area contributed by atoms with Gasteiger partial charge in [-0.05, 0) is 52.4 Å². The van der Waals surface area contributed by atoms with Crippen molar-refractivity contribution in [2.45, 2.75) is 89.9 Å². The van der Waals surface area contributed by atoms with Crippen LogP contribution in [0.5, 0.6) is 0 Å². The van der Waals surface area contributed by atoms with Crippen LogP contribution in [0.1, 0.15) is 65.7 Å². The van der Waals surface area contributed by atoms with Gasteiger partial charge in [-0.2, -0.15) is 0 Å². The highest BCUT2D eigenvalue weighted by Crippen LogP contribution is 2.28. The number of nitrogens with two attached hydrogens (primary N) is 1. The van der Waals surface area contributed by atoms with Crippen molar-refractivity contribution in [3.8, 4) is 0 Å². The van der Waals surface area contributed by atoms with Crippen molar-refractivity contribution < 1.29 is 4.79 Å². The van der Waals surface area contributed by atoms with Gasteiger partial charge in [-0.1, -0.05) is 19.3 Å². The minimum Gasteiger partial charge on any atom is -0.350 e. The SMILES string of the molecule is CC1CCC(C)N1C(C)C(=O)NC(CN)C1CCCCC1. The highest BCUT2D eigenvalue weighted by atomic mass is 16.2. The molecule has 4 nitrogen and oxygen atoms in total. The summed E-state index contributed by atoms with van der Waals surface area (Å²) in [5, 5.41) is 3.25. The van der Waals surface area contributed by atoms with Gasteiger partial charge < -0.3 is 11.1 Å². The zero-order valence-electron chi connectivity index (χ0n) is 14.0. The molecule has 1 amide bonds. The van der Waals surface area contributed by atoms with E-state index in [4.69, 9.17) is 5.73 Å². The van der Waals surface area contributed by atoms with E-state index in [2.05, 4.69) is 24.1 Å². The highest BCUT2D eigenvalue weighted by Gasteiger charge is 2.35. The summed E-state index contributed by atoms with van der Waals surface area (Å²) in [7, 11) is 0. The van der Waals surface area contributed by atoms with Crippen LogP contribution in [-0.2, 0) is 4.79 Å². The van der Waals surface area contributed by atoms with Gasteiger partial charge in [0.15, 0.2) is 0 Å². The second kappa shape index (κ2) is 7.59. The van der Waals surface area contributed by atoms with Crippen molar-refractivity contribution in [2.75, 3.05) is 6.54 Å². The number of hydrogen-bond acceptors (Lipinski definition) is 3. The molecule has 4 heteroatoms. The number of nitrogens with one attached hydrogen (secondary N) is 1. The van der Waals surface area contributed by atoms with Crippen molar-refractivity contribution >= 4 is 5.91 Å². The zero-order valence-corrected chi connectivity index (χ0v) is 14.0. The molecule has 1 saturated heterocycles. The summed E-state index contributed by atoms with van der Waals surface area (Å²) in [6, 6.07) is 1.13. The quantitative estimate of drug-likeness (QED) is 0.818. The van der Waals surface area contributed by atoms with Crippen LogP contribution in [0.25, 0.3) is 0 Å². The summed E-state index contributed by atoms with van der Waals surface area (Å²) in [5.41, 5.74) is 5.93. The second-order valence-electron chi connectivity index (χ2n) is 7.15. The standard InChI is InChI=1S/C17H33N3O/c1-12-9-10-13(2)20(12)14(3)17(21)19-16(11-18)15-7-5-4-6-8-15/h12-16H,4-11,18H2,1-3H3,(H,19,21). The van der Waals surface area contributed by atoms with E-state index in [1.807, 2.05) is 6.92 Å². The molecular weight excluding hydrogens is 262 g/mol. The van der Waals surface area contributed by atoms with Crippen LogP contribution in [0.4, 0.5) is 0 Å². The van der Waals surface area contributed by atoms with Crippen molar-refractivity contribution in [1.29, 1.82) is 0 Å². The Morgan fingerprint density at radius 3 is 2.24 bits per heavy atom. The van der Waals surface area contributed by atoms with Gasteiger partial charge in [0.25, 0.3) is 0 Å². The number of carbonyl (C=O) groups is 1. The smallest absolute Gasteiger partial charge is 0.237 e. The van der Waals surface area contributed by atoms with Crippen molar-refractivity contribution in [3.63, 3.8) is 0 Å². The van der Waals surface area contributed by atoms with Crippen LogP contribution in [0.15, 0.2) is 0 Å². The lowest BCUT2D eigenvalue weighted by Crippen LogP contribution is -2.54. The Kier molecular flexibility index (Phi) is 6.06. The first-order valence-corrected chi connectivity index (χ1v) is 8.82. The fraction of sp³-hybridized carbons (Fsp3) is 0.941. The molecule has 21 heavy (non-hydrogen) atoms. The summed E-state index contributed by atoms with van der Waals surface area (Å²) in [4.78, 5) is 15.0. The number of nitrogens with zero attached hydrogens (tertiary/aromatic N) is 1. The summed E-state index contributed by atoms with van der Waals surface area (Å²) in [6.45, 7) is 7.07. The van der Waals surface area contributed by atoms with E-state index in [1.165, 1.54) is 44.9 Å². The molecule has 2 aliphatic rings. The lowest BCUT2D eigenvalue weighted by atomic mass is 9.84. The third-order valence-corrected chi connectivity index (χ3v) is 5.65. The average molecular weight is 295 g/mol. The maximum Gasteiger partial charge on any atom is 0.237 e. The van der Waals surface area contributed by atoms with Crippen molar-refractivity contribution in [1.82, 2.24) is 10.2 Å². The third kappa shape index (κ3) is 3.98. The molecule has 0 aromatic rings. The Hall–Kier alpha value is -0.610. The van der Waals surface area contributed by atoms with Gasteiger partial charge in [-0.15, -0.1) is 0 Å². The molecule has 4 atom stereocenters. The molecule has 0 bridgehead atoms. The van der Waals surface area contributed by atoms with E-state index in [-0.39, 0.29) is 18.0 Å². The molecule has 0 aromatic heterocycles. The molecule has 2 fully saturated rings. The minimum atomic E-state index is -0.0462. The van der Waals surface area contributed by atoms with Gasteiger partial charge in [0.05, 0.1) is 6.04 Å². The predicted octanol–water partition coefficient (Wildman–Crippen LogP) is 2.27. The van der Waals surface area contributed by atoms with Crippen LogP contribution in [0.3, 0.4) is 0 Å². The van der Waals surface area contributed by atoms with Crippen molar-refractivity contribution in [3.05, 3.63) is 0 Å². The molecule has 1 heterocycles. The predicted molar refractivity (Wildman–Crippen MR) is 87.0 cm³/mol. The molecule has 3 N–H and O–H groups in total. The van der Waals surface area contributed by atoms with E-state index in [9.17, 15) is 4.79 Å². The number of hydrogen-bond donors (Lipinski definition) is 2. The molecule has 0 radical (unpaired) electrons. The Morgan fingerprint density at radius 1 is 1.14 bits per heavy atom. The van der Waals surface area contributed by atoms with Gasteiger partial charge in [0.1, 0.15) is 0 Å². The van der Waals surface area contributed by atoms with Crippen molar-refractivity contribution in [2.24, 2.45) is 11.7 Å². The minimum absolute atomic E-state index is 0.0462. The molecule has 0 spiro atoms. The van der Waals surface area contributed by atoms with Crippen LogP contribution in [-0.4, -0.2) is 41.5 Å². The van der Waals surface area contributed by atoms with Crippen LogP contribution >= 0.6 is 0 Å². The molecule has 1 aliphatic carbocycles. The molecule has 1 saturated carbocycles. The fourth-order valence-electron chi connectivity index (χ4n) is 4.32.